The van der Waals surface area contributed by atoms with E-state index in [1.54, 1.807) is 0 Å². The van der Waals surface area contributed by atoms with Crippen LogP contribution < -0.4 is 0 Å². The summed E-state index contributed by atoms with van der Waals surface area (Å²) in [5.41, 5.74) is 0. The molecule has 0 aliphatic carbocycles. The zero-order valence-corrected chi connectivity index (χ0v) is 14.2. The number of carbonyl (C=O) groups excluding carboxylic acids is 2. The van der Waals surface area contributed by atoms with Gasteiger partial charge in [0, 0.05) is 0 Å². The summed E-state index contributed by atoms with van der Waals surface area (Å²) in [6.07, 6.45) is 2.68. The number of ether oxygens (including phenoxy) is 2. The molecule has 0 spiro atoms. The van der Waals surface area contributed by atoms with Crippen LogP contribution in [0.25, 0.3) is 0 Å². The van der Waals surface area contributed by atoms with Crippen molar-refractivity contribution in [2.45, 2.75) is 26.2 Å². The van der Waals surface area contributed by atoms with E-state index in [0.717, 1.165) is 30.1 Å². The summed E-state index contributed by atoms with van der Waals surface area (Å²) in [6.45, 7) is 3.17. The maximum absolute atomic E-state index is 11.9. The second kappa shape index (κ2) is 8.93. The standard InChI is InChI=1S/C15H24O4S2/c1-2-20-8-3-9-21-10-13(11-4-6-18-14(11)16)12-5-7-19-15(12)17/h11-13H,2-10H2,1H3. The van der Waals surface area contributed by atoms with E-state index in [1.165, 1.54) is 12.2 Å². The maximum Gasteiger partial charge on any atom is 0.309 e. The van der Waals surface area contributed by atoms with Crippen LogP contribution in [0.5, 0.6) is 0 Å². The molecule has 2 saturated heterocycles. The second-order valence-electron chi connectivity index (χ2n) is 5.41. The molecule has 0 aromatic heterocycles. The molecular weight excluding hydrogens is 308 g/mol. The third kappa shape index (κ3) is 4.81. The van der Waals surface area contributed by atoms with Crippen molar-refractivity contribution in [1.82, 2.24) is 0 Å². The first-order chi connectivity index (χ1) is 10.2. The minimum Gasteiger partial charge on any atom is -0.465 e. The van der Waals surface area contributed by atoms with Crippen molar-refractivity contribution in [3.63, 3.8) is 0 Å². The minimum atomic E-state index is -0.123. The molecule has 0 saturated carbocycles. The Hall–Kier alpha value is -0.360. The van der Waals surface area contributed by atoms with Gasteiger partial charge in [0.1, 0.15) is 0 Å². The van der Waals surface area contributed by atoms with Gasteiger partial charge < -0.3 is 9.47 Å². The van der Waals surface area contributed by atoms with Gasteiger partial charge >= 0.3 is 11.9 Å². The minimum absolute atomic E-state index is 0.0822. The molecule has 2 rings (SSSR count). The molecular formula is C15H24O4S2. The molecule has 0 aromatic carbocycles. The maximum atomic E-state index is 11.9. The van der Waals surface area contributed by atoms with E-state index >= 15 is 0 Å². The highest BCUT2D eigenvalue weighted by Crippen LogP contribution is 2.36. The molecule has 2 fully saturated rings. The summed E-state index contributed by atoms with van der Waals surface area (Å²) in [5, 5.41) is 0. The van der Waals surface area contributed by atoms with Crippen molar-refractivity contribution in [3.05, 3.63) is 0 Å². The van der Waals surface area contributed by atoms with Crippen LogP contribution in [-0.2, 0) is 19.1 Å². The lowest BCUT2D eigenvalue weighted by atomic mass is 9.81. The van der Waals surface area contributed by atoms with Crippen LogP contribution in [0.15, 0.2) is 0 Å². The van der Waals surface area contributed by atoms with E-state index < -0.39 is 0 Å². The van der Waals surface area contributed by atoms with Gasteiger partial charge in [-0.3, -0.25) is 9.59 Å². The topological polar surface area (TPSA) is 52.6 Å². The molecule has 6 heteroatoms. The number of thioether (sulfide) groups is 2. The summed E-state index contributed by atoms with van der Waals surface area (Å²) < 4.78 is 10.2. The Kier molecular flexibility index (Phi) is 7.23. The lowest BCUT2D eigenvalue weighted by molar-refractivity contribution is -0.146. The fourth-order valence-electron chi connectivity index (χ4n) is 2.94. The molecule has 0 amide bonds. The average Bonchev–Trinajstić information content (AvgIpc) is 3.08. The van der Waals surface area contributed by atoms with Gasteiger partial charge in [0.2, 0.25) is 0 Å². The molecule has 2 aliphatic rings. The number of cyclic esters (lactones) is 2. The Balaban J connectivity index is 1.83. The Bertz CT molecular complexity index is 336. The Labute approximate surface area is 135 Å². The highest BCUT2D eigenvalue weighted by molar-refractivity contribution is 8.00. The number of esters is 2. The molecule has 21 heavy (non-hydrogen) atoms. The molecule has 0 aromatic rings. The Morgan fingerprint density at radius 2 is 1.62 bits per heavy atom. The summed E-state index contributed by atoms with van der Waals surface area (Å²) in [7, 11) is 0. The van der Waals surface area contributed by atoms with Crippen LogP contribution in [0.3, 0.4) is 0 Å². The van der Waals surface area contributed by atoms with Gasteiger partial charge in [-0.2, -0.15) is 23.5 Å². The fraction of sp³-hybridized carbons (Fsp3) is 0.867. The van der Waals surface area contributed by atoms with E-state index in [0.29, 0.717) is 13.2 Å². The molecule has 0 N–H and O–H groups in total. The van der Waals surface area contributed by atoms with Crippen molar-refractivity contribution in [1.29, 1.82) is 0 Å². The summed E-state index contributed by atoms with van der Waals surface area (Å²) in [4.78, 5) is 23.7. The number of hydrogen-bond donors (Lipinski definition) is 0. The van der Waals surface area contributed by atoms with Gasteiger partial charge in [-0.1, -0.05) is 6.92 Å². The Morgan fingerprint density at radius 1 is 1.05 bits per heavy atom. The molecule has 4 nitrogen and oxygen atoms in total. The first kappa shape index (κ1) is 17.0. The third-order valence-corrected chi connectivity index (χ3v) is 6.26. The largest absolute Gasteiger partial charge is 0.465 e. The smallest absolute Gasteiger partial charge is 0.309 e. The van der Waals surface area contributed by atoms with E-state index in [9.17, 15) is 9.59 Å². The van der Waals surface area contributed by atoms with Gasteiger partial charge in [-0.25, -0.2) is 0 Å². The average molecular weight is 332 g/mol. The van der Waals surface area contributed by atoms with Crippen molar-refractivity contribution < 1.29 is 19.1 Å². The van der Waals surface area contributed by atoms with Gasteiger partial charge in [0.15, 0.2) is 0 Å². The fourth-order valence-corrected chi connectivity index (χ4v) is 5.01. The van der Waals surface area contributed by atoms with Crippen LogP contribution in [0, 0.1) is 17.8 Å². The summed E-state index contributed by atoms with van der Waals surface area (Å²) >= 11 is 3.82. The molecule has 2 aliphatic heterocycles. The van der Waals surface area contributed by atoms with Gasteiger partial charge in [0.25, 0.3) is 0 Å². The first-order valence-electron chi connectivity index (χ1n) is 7.72. The predicted octanol–water partition coefficient (Wildman–Crippen LogP) is 2.61. The summed E-state index contributed by atoms with van der Waals surface area (Å²) in [6, 6.07) is 0. The normalized spacial score (nSPS) is 26.7. The third-order valence-electron chi connectivity index (χ3n) is 4.08. The summed E-state index contributed by atoms with van der Waals surface area (Å²) in [5.74, 6) is 3.91. The van der Waals surface area contributed by atoms with Crippen LogP contribution in [0.2, 0.25) is 0 Å². The van der Waals surface area contributed by atoms with Gasteiger partial charge in [0.05, 0.1) is 25.0 Å². The quantitative estimate of drug-likeness (QED) is 0.478. The van der Waals surface area contributed by atoms with Crippen molar-refractivity contribution >= 4 is 35.5 Å². The number of carbonyl (C=O) groups is 2. The van der Waals surface area contributed by atoms with E-state index in [2.05, 4.69) is 6.92 Å². The zero-order chi connectivity index (χ0) is 15.1. The lowest BCUT2D eigenvalue weighted by Crippen LogP contribution is -2.31. The van der Waals surface area contributed by atoms with Crippen molar-refractivity contribution in [2.75, 3.05) is 36.2 Å². The zero-order valence-electron chi connectivity index (χ0n) is 12.5. The lowest BCUT2D eigenvalue weighted by Gasteiger charge is -2.24. The van der Waals surface area contributed by atoms with E-state index in [4.69, 9.17) is 9.47 Å². The molecule has 2 heterocycles. The highest BCUT2D eigenvalue weighted by Gasteiger charge is 2.43. The SMILES string of the molecule is CCSCCCSCC(C1CCOC1=O)C1CCOC1=O. The van der Waals surface area contributed by atoms with Crippen molar-refractivity contribution in [2.24, 2.45) is 17.8 Å². The van der Waals surface area contributed by atoms with E-state index in [1.807, 2.05) is 23.5 Å². The molecule has 0 bridgehead atoms. The molecule has 120 valence electrons. The predicted molar refractivity (Wildman–Crippen MR) is 86.6 cm³/mol. The van der Waals surface area contributed by atoms with Crippen LogP contribution in [0.1, 0.15) is 26.2 Å². The number of hydrogen-bond acceptors (Lipinski definition) is 6. The van der Waals surface area contributed by atoms with Gasteiger partial charge in [-0.15, -0.1) is 0 Å². The molecule has 2 unspecified atom stereocenters. The number of rotatable bonds is 9. The Morgan fingerprint density at radius 3 is 2.10 bits per heavy atom. The monoisotopic (exact) mass is 332 g/mol. The van der Waals surface area contributed by atoms with Crippen LogP contribution >= 0.6 is 23.5 Å². The van der Waals surface area contributed by atoms with Crippen LogP contribution in [0.4, 0.5) is 0 Å². The van der Waals surface area contributed by atoms with Crippen LogP contribution in [-0.4, -0.2) is 48.2 Å². The first-order valence-corrected chi connectivity index (χ1v) is 10.0. The highest BCUT2D eigenvalue weighted by atomic mass is 32.2. The molecule has 0 radical (unpaired) electrons. The van der Waals surface area contributed by atoms with Gasteiger partial charge in [-0.05, 0) is 48.2 Å². The van der Waals surface area contributed by atoms with Crippen molar-refractivity contribution in [3.8, 4) is 0 Å². The molecule has 2 atom stereocenters. The second-order valence-corrected chi connectivity index (χ2v) is 7.96. The van der Waals surface area contributed by atoms with E-state index in [-0.39, 0.29) is 29.7 Å².